The van der Waals surface area contributed by atoms with Gasteiger partial charge in [0.2, 0.25) is 5.69 Å². The number of rotatable bonds is 5. The number of nitrogens with zero attached hydrogens (tertiary/aromatic N) is 1. The molecule has 23 heavy (non-hydrogen) atoms. The Bertz CT molecular complexity index is 449. The second-order valence-corrected chi connectivity index (χ2v) is 12.5. The smallest absolute Gasteiger partial charge is 0.410 e. The molecular formula is C15H30NO4PS2. The zero-order valence-electron chi connectivity index (χ0n) is 14.7. The summed E-state index contributed by atoms with van der Waals surface area (Å²) in [6, 6.07) is 0. The first-order valence-electron chi connectivity index (χ1n) is 8.07. The lowest BCUT2D eigenvalue weighted by Gasteiger charge is -2.37. The number of likely N-dealkylation sites (N-methyl/N-ethyl adjacent to an activating group) is 1. The van der Waals surface area contributed by atoms with Crippen LogP contribution in [0.1, 0.15) is 53.4 Å². The summed E-state index contributed by atoms with van der Waals surface area (Å²) in [6.45, 7) is 8.02. The van der Waals surface area contributed by atoms with Crippen molar-refractivity contribution in [3.05, 3.63) is 0 Å². The van der Waals surface area contributed by atoms with Crippen molar-refractivity contribution in [2.45, 2.75) is 65.1 Å². The van der Waals surface area contributed by atoms with E-state index in [0.29, 0.717) is 12.5 Å². The van der Waals surface area contributed by atoms with Gasteiger partial charge in [-0.15, -0.1) is 0 Å². The van der Waals surface area contributed by atoms with Gasteiger partial charge >= 0.3 is 6.09 Å². The molecule has 1 aliphatic carbocycles. The van der Waals surface area contributed by atoms with Gasteiger partial charge in [0.05, 0.1) is 12.6 Å². The van der Waals surface area contributed by atoms with Gasteiger partial charge in [0.15, 0.2) is 0 Å². The van der Waals surface area contributed by atoms with E-state index in [1.54, 1.807) is 7.05 Å². The van der Waals surface area contributed by atoms with E-state index in [-0.39, 0.29) is 12.0 Å². The van der Waals surface area contributed by atoms with Crippen LogP contribution in [0.4, 0.5) is 4.79 Å². The van der Waals surface area contributed by atoms with E-state index >= 15 is 0 Å². The van der Waals surface area contributed by atoms with Gasteiger partial charge in [-0.2, -0.15) is 0 Å². The SMILES string of the molecule is CC1CCCCC1C(CN(C)C(=O)OC(C)(C)C)OP(O)(=S)S. The van der Waals surface area contributed by atoms with E-state index in [1.165, 1.54) is 11.3 Å². The lowest BCUT2D eigenvalue weighted by molar-refractivity contribution is 0.0101. The minimum absolute atomic E-state index is 0.260. The summed E-state index contributed by atoms with van der Waals surface area (Å²) in [5.74, 6) is 0.728. The summed E-state index contributed by atoms with van der Waals surface area (Å²) in [5.41, 5.74) is -3.64. The zero-order chi connectivity index (χ0) is 17.8. The van der Waals surface area contributed by atoms with Gasteiger partial charge in [-0.05, 0) is 50.8 Å². The van der Waals surface area contributed by atoms with Crippen LogP contribution >= 0.6 is 17.9 Å². The van der Waals surface area contributed by atoms with Crippen LogP contribution in [0.15, 0.2) is 0 Å². The first kappa shape index (κ1) is 21.2. The fourth-order valence-corrected chi connectivity index (χ4v) is 4.28. The van der Waals surface area contributed by atoms with Crippen LogP contribution < -0.4 is 0 Å². The average Bonchev–Trinajstić information content (AvgIpc) is 2.34. The highest BCUT2D eigenvalue weighted by atomic mass is 32.9. The van der Waals surface area contributed by atoms with Crippen molar-refractivity contribution in [1.29, 1.82) is 0 Å². The molecule has 0 spiro atoms. The number of ether oxygens (including phenoxy) is 1. The van der Waals surface area contributed by atoms with Crippen LogP contribution in [0.3, 0.4) is 0 Å². The van der Waals surface area contributed by atoms with Crippen LogP contribution in [0.2, 0.25) is 0 Å². The number of hydrogen-bond donors (Lipinski definition) is 2. The van der Waals surface area contributed by atoms with Crippen molar-refractivity contribution in [3.63, 3.8) is 0 Å². The Morgan fingerprint density at radius 3 is 2.48 bits per heavy atom. The van der Waals surface area contributed by atoms with E-state index in [9.17, 15) is 9.69 Å². The standard InChI is InChI=1S/C15H30NO4PS2/c1-11-8-6-7-9-12(11)13(20-21(18,22)23)10-16(5)14(17)19-15(2,3)4/h11-13H,6-10H2,1-5H3,(H2,18,22,23). The van der Waals surface area contributed by atoms with Crippen molar-refractivity contribution in [2.24, 2.45) is 11.8 Å². The topological polar surface area (TPSA) is 59.0 Å². The Morgan fingerprint density at radius 2 is 2.00 bits per heavy atom. The van der Waals surface area contributed by atoms with E-state index < -0.39 is 17.4 Å². The minimum atomic E-state index is -3.09. The number of hydrogen-bond acceptors (Lipinski definition) is 4. The molecule has 0 bridgehead atoms. The molecular weight excluding hydrogens is 353 g/mol. The second-order valence-electron chi connectivity index (χ2n) is 7.42. The highest BCUT2D eigenvalue weighted by molar-refractivity contribution is 8.59. The predicted octanol–water partition coefficient (Wildman–Crippen LogP) is 4.21. The Hall–Kier alpha value is 0.190. The Morgan fingerprint density at radius 1 is 1.43 bits per heavy atom. The number of amides is 1. The normalized spacial score (nSPS) is 26.2. The average molecular weight is 384 g/mol. The van der Waals surface area contributed by atoms with Crippen molar-refractivity contribution in [1.82, 2.24) is 4.90 Å². The maximum absolute atomic E-state index is 12.2. The molecule has 1 fully saturated rings. The molecule has 1 saturated carbocycles. The molecule has 1 amide bonds. The molecule has 0 aromatic carbocycles. The summed E-state index contributed by atoms with van der Waals surface area (Å²) in [6.07, 6.45) is 3.75. The number of carbonyl (C=O) groups is 1. The molecule has 0 heterocycles. The van der Waals surface area contributed by atoms with E-state index in [4.69, 9.17) is 21.1 Å². The van der Waals surface area contributed by atoms with Crippen molar-refractivity contribution in [2.75, 3.05) is 13.6 Å². The summed E-state index contributed by atoms with van der Waals surface area (Å²) in [5, 5.41) is 0. The third kappa shape index (κ3) is 8.21. The van der Waals surface area contributed by atoms with Gasteiger partial charge in [-0.3, -0.25) is 0 Å². The van der Waals surface area contributed by atoms with Crippen LogP contribution in [-0.4, -0.2) is 41.2 Å². The number of thiol groups is 1. The van der Waals surface area contributed by atoms with Gasteiger partial charge in [-0.25, -0.2) is 4.79 Å². The lowest BCUT2D eigenvalue weighted by atomic mass is 9.77. The van der Waals surface area contributed by atoms with Crippen molar-refractivity contribution < 1.29 is 18.9 Å². The maximum Gasteiger partial charge on any atom is 0.410 e. The van der Waals surface area contributed by atoms with Crippen LogP contribution in [-0.2, 0) is 21.1 Å². The number of carbonyl (C=O) groups excluding carboxylic acids is 1. The first-order chi connectivity index (χ1) is 10.4. The highest BCUT2D eigenvalue weighted by Gasteiger charge is 2.34. The molecule has 0 aromatic rings. The molecule has 8 heteroatoms. The van der Waals surface area contributed by atoms with Gasteiger partial charge < -0.3 is 19.1 Å². The van der Waals surface area contributed by atoms with Gasteiger partial charge in [-0.1, -0.05) is 38.4 Å². The molecule has 0 aliphatic heterocycles. The van der Waals surface area contributed by atoms with Gasteiger partial charge in [0.1, 0.15) is 5.60 Å². The maximum atomic E-state index is 12.2. The molecule has 0 saturated heterocycles. The third-order valence-corrected chi connectivity index (χ3v) is 5.17. The van der Waals surface area contributed by atoms with Gasteiger partial charge in [0.25, 0.3) is 0 Å². The summed E-state index contributed by atoms with van der Waals surface area (Å²) >= 11 is 8.96. The zero-order valence-corrected chi connectivity index (χ0v) is 17.3. The molecule has 136 valence electrons. The molecule has 4 atom stereocenters. The molecule has 0 radical (unpaired) electrons. The monoisotopic (exact) mass is 383 g/mol. The van der Waals surface area contributed by atoms with E-state index in [1.807, 2.05) is 20.8 Å². The van der Waals surface area contributed by atoms with E-state index in [2.05, 4.69) is 19.2 Å². The van der Waals surface area contributed by atoms with Gasteiger partial charge in [0, 0.05) is 7.05 Å². The van der Waals surface area contributed by atoms with Crippen LogP contribution in [0.5, 0.6) is 0 Å². The Labute approximate surface area is 150 Å². The second kappa shape index (κ2) is 8.52. The minimum Gasteiger partial charge on any atom is -0.444 e. The molecule has 1 N–H and O–H groups in total. The highest BCUT2D eigenvalue weighted by Crippen LogP contribution is 2.51. The first-order valence-corrected chi connectivity index (χ1v) is 11.9. The molecule has 0 aromatic heterocycles. The predicted molar refractivity (Wildman–Crippen MR) is 100 cm³/mol. The quantitative estimate of drug-likeness (QED) is 0.550. The third-order valence-electron chi connectivity index (χ3n) is 4.09. The summed E-state index contributed by atoms with van der Waals surface area (Å²) < 4.78 is 11.1. The van der Waals surface area contributed by atoms with Crippen LogP contribution in [0, 0.1) is 11.8 Å². The fourth-order valence-electron chi connectivity index (χ4n) is 3.00. The van der Waals surface area contributed by atoms with Crippen molar-refractivity contribution in [3.8, 4) is 0 Å². The lowest BCUT2D eigenvalue weighted by Crippen LogP contribution is -2.43. The summed E-state index contributed by atoms with van der Waals surface area (Å²) in [7, 11) is 1.68. The Kier molecular flexibility index (Phi) is 7.87. The summed E-state index contributed by atoms with van der Waals surface area (Å²) in [4.78, 5) is 23.5. The molecule has 1 aliphatic rings. The molecule has 1 rings (SSSR count). The fraction of sp³-hybridized carbons (Fsp3) is 0.933. The largest absolute Gasteiger partial charge is 0.444 e. The Balaban J connectivity index is 2.79. The molecule has 5 nitrogen and oxygen atoms in total. The van der Waals surface area contributed by atoms with E-state index in [0.717, 1.165) is 19.3 Å². The van der Waals surface area contributed by atoms with Crippen molar-refractivity contribution >= 4 is 35.8 Å². The van der Waals surface area contributed by atoms with Crippen LogP contribution in [0.25, 0.3) is 0 Å². The molecule has 4 unspecified atom stereocenters.